The number of aryl methyl sites for hydroxylation is 1. The maximum absolute atomic E-state index is 12.7. The predicted octanol–water partition coefficient (Wildman–Crippen LogP) is 3.41. The topological polar surface area (TPSA) is 37.4 Å². The Balaban J connectivity index is 2.31. The number of sulfonamides is 1. The Bertz CT molecular complexity index is 567. The summed E-state index contributed by atoms with van der Waals surface area (Å²) in [6.45, 7) is 2.59. The molecule has 0 radical (unpaired) electrons. The summed E-state index contributed by atoms with van der Waals surface area (Å²) in [7, 11) is -1.73. The summed E-state index contributed by atoms with van der Waals surface area (Å²) >= 11 is 5.83. The van der Waals surface area contributed by atoms with Gasteiger partial charge in [-0.05, 0) is 42.4 Å². The molecule has 0 aliphatic heterocycles. The third kappa shape index (κ3) is 3.18. The van der Waals surface area contributed by atoms with Crippen LogP contribution in [0.4, 0.5) is 0 Å². The van der Waals surface area contributed by atoms with Gasteiger partial charge in [0.15, 0.2) is 0 Å². The monoisotopic (exact) mass is 315 g/mol. The average molecular weight is 316 g/mol. The van der Waals surface area contributed by atoms with Crippen molar-refractivity contribution >= 4 is 21.6 Å². The van der Waals surface area contributed by atoms with Crippen molar-refractivity contribution in [3.63, 3.8) is 0 Å². The molecule has 0 spiro atoms. The molecule has 0 atom stereocenters. The molecular formula is C15H22ClNO2S. The van der Waals surface area contributed by atoms with Crippen LogP contribution in [0.2, 0.25) is 0 Å². The van der Waals surface area contributed by atoms with Crippen molar-refractivity contribution in [1.82, 2.24) is 4.31 Å². The first kappa shape index (κ1) is 15.8. The molecule has 1 saturated carbocycles. The van der Waals surface area contributed by atoms with Gasteiger partial charge in [-0.1, -0.05) is 25.5 Å². The van der Waals surface area contributed by atoms with Gasteiger partial charge in [-0.2, -0.15) is 0 Å². The second kappa shape index (κ2) is 6.46. The van der Waals surface area contributed by atoms with Gasteiger partial charge in [-0.15, -0.1) is 11.6 Å². The fraction of sp³-hybridized carbons (Fsp3) is 0.600. The number of halogens is 1. The standard InChI is InChI=1S/C15H22ClNO2S/c1-3-14-8-7-13(10-16)9-15(14)20(18,19)17(2)11-12-5-4-6-12/h7-9,12H,3-6,10-11H2,1-2H3. The smallest absolute Gasteiger partial charge is 0.207 e. The van der Waals surface area contributed by atoms with E-state index >= 15 is 0 Å². The molecule has 0 heterocycles. The summed E-state index contributed by atoms with van der Waals surface area (Å²) in [5.74, 6) is 0.856. The van der Waals surface area contributed by atoms with E-state index in [1.165, 1.54) is 10.7 Å². The van der Waals surface area contributed by atoms with Crippen molar-refractivity contribution in [2.24, 2.45) is 5.92 Å². The van der Waals surface area contributed by atoms with Crippen molar-refractivity contribution in [3.8, 4) is 0 Å². The van der Waals surface area contributed by atoms with E-state index in [2.05, 4.69) is 0 Å². The van der Waals surface area contributed by atoms with E-state index in [4.69, 9.17) is 11.6 Å². The lowest BCUT2D eigenvalue weighted by Gasteiger charge is -2.30. The first-order chi connectivity index (χ1) is 9.48. The van der Waals surface area contributed by atoms with Crippen molar-refractivity contribution in [3.05, 3.63) is 29.3 Å². The number of alkyl halides is 1. The molecule has 0 bridgehead atoms. The van der Waals surface area contributed by atoms with E-state index in [0.717, 1.165) is 24.0 Å². The van der Waals surface area contributed by atoms with E-state index in [1.807, 2.05) is 19.1 Å². The zero-order chi connectivity index (χ0) is 14.8. The number of benzene rings is 1. The molecule has 5 heteroatoms. The van der Waals surface area contributed by atoms with Gasteiger partial charge in [-0.25, -0.2) is 12.7 Å². The molecule has 2 rings (SSSR count). The predicted molar refractivity (Wildman–Crippen MR) is 82.5 cm³/mol. The summed E-state index contributed by atoms with van der Waals surface area (Å²) < 4.78 is 27.0. The van der Waals surface area contributed by atoms with E-state index in [-0.39, 0.29) is 0 Å². The highest BCUT2D eigenvalue weighted by molar-refractivity contribution is 7.89. The van der Waals surface area contributed by atoms with Gasteiger partial charge in [0.25, 0.3) is 0 Å². The Morgan fingerprint density at radius 3 is 2.55 bits per heavy atom. The van der Waals surface area contributed by atoms with Gasteiger partial charge in [0.1, 0.15) is 0 Å². The van der Waals surface area contributed by atoms with Crippen LogP contribution >= 0.6 is 11.6 Å². The molecule has 1 aromatic rings. The highest BCUT2D eigenvalue weighted by atomic mass is 35.5. The maximum Gasteiger partial charge on any atom is 0.243 e. The number of nitrogens with zero attached hydrogens (tertiary/aromatic N) is 1. The summed E-state index contributed by atoms with van der Waals surface area (Å²) in [5, 5.41) is 0. The Kier molecular flexibility index (Phi) is 5.10. The summed E-state index contributed by atoms with van der Waals surface area (Å²) in [4.78, 5) is 0.417. The lowest BCUT2D eigenvalue weighted by molar-refractivity contribution is 0.263. The van der Waals surface area contributed by atoms with Gasteiger partial charge in [0.05, 0.1) is 4.90 Å². The van der Waals surface area contributed by atoms with Crippen molar-refractivity contribution in [2.45, 2.75) is 43.4 Å². The SMILES string of the molecule is CCc1ccc(CCl)cc1S(=O)(=O)N(C)CC1CCC1. The molecule has 0 amide bonds. The normalized spacial score (nSPS) is 16.4. The minimum atomic E-state index is -3.41. The lowest BCUT2D eigenvalue weighted by atomic mass is 9.86. The van der Waals surface area contributed by atoms with Crippen LogP contribution in [0.15, 0.2) is 23.1 Å². The van der Waals surface area contributed by atoms with Crippen LogP contribution in [0.1, 0.15) is 37.3 Å². The van der Waals surface area contributed by atoms with Crippen molar-refractivity contribution in [1.29, 1.82) is 0 Å². The molecule has 20 heavy (non-hydrogen) atoms. The van der Waals surface area contributed by atoms with Crippen molar-refractivity contribution in [2.75, 3.05) is 13.6 Å². The third-order valence-electron chi connectivity index (χ3n) is 4.10. The van der Waals surface area contributed by atoms with E-state index in [1.54, 1.807) is 13.1 Å². The number of hydrogen-bond acceptors (Lipinski definition) is 2. The lowest BCUT2D eigenvalue weighted by Crippen LogP contribution is -2.34. The Labute approximate surface area is 127 Å². The summed E-state index contributed by atoms with van der Waals surface area (Å²) in [6, 6.07) is 5.50. The zero-order valence-corrected chi connectivity index (χ0v) is 13.7. The summed E-state index contributed by atoms with van der Waals surface area (Å²) in [6.07, 6.45) is 4.21. The quantitative estimate of drug-likeness (QED) is 0.754. The molecule has 0 saturated heterocycles. The van der Waals surface area contributed by atoms with E-state index in [9.17, 15) is 8.42 Å². The summed E-state index contributed by atoms with van der Waals surface area (Å²) in [5.41, 5.74) is 1.71. The first-order valence-corrected chi connectivity index (χ1v) is 9.10. The van der Waals surface area contributed by atoms with Gasteiger partial charge in [-0.3, -0.25) is 0 Å². The van der Waals surface area contributed by atoms with E-state index < -0.39 is 10.0 Å². The van der Waals surface area contributed by atoms with Crippen LogP contribution < -0.4 is 0 Å². The highest BCUT2D eigenvalue weighted by Crippen LogP contribution is 2.29. The fourth-order valence-corrected chi connectivity index (χ4v) is 4.27. The molecule has 0 N–H and O–H groups in total. The maximum atomic E-state index is 12.7. The minimum absolute atomic E-state index is 0.332. The molecule has 1 fully saturated rings. The minimum Gasteiger partial charge on any atom is -0.207 e. The highest BCUT2D eigenvalue weighted by Gasteiger charge is 2.28. The van der Waals surface area contributed by atoms with Crippen LogP contribution in [-0.2, 0) is 22.3 Å². The van der Waals surface area contributed by atoms with Crippen LogP contribution in [-0.4, -0.2) is 26.3 Å². The van der Waals surface area contributed by atoms with Crippen LogP contribution in [0.3, 0.4) is 0 Å². The first-order valence-electron chi connectivity index (χ1n) is 7.13. The zero-order valence-electron chi connectivity index (χ0n) is 12.1. The molecule has 1 aromatic carbocycles. The van der Waals surface area contributed by atoms with Gasteiger partial charge < -0.3 is 0 Å². The molecular weight excluding hydrogens is 294 g/mol. The van der Waals surface area contributed by atoms with Gasteiger partial charge >= 0.3 is 0 Å². The van der Waals surface area contributed by atoms with Gasteiger partial charge in [0, 0.05) is 19.5 Å². The van der Waals surface area contributed by atoms with Crippen molar-refractivity contribution < 1.29 is 8.42 Å². The van der Waals surface area contributed by atoms with Crippen LogP contribution in [0.25, 0.3) is 0 Å². The molecule has 3 nitrogen and oxygen atoms in total. The number of rotatable bonds is 6. The molecule has 112 valence electrons. The second-order valence-electron chi connectivity index (χ2n) is 5.51. The number of hydrogen-bond donors (Lipinski definition) is 0. The van der Waals surface area contributed by atoms with Gasteiger partial charge in [0.2, 0.25) is 10.0 Å². The molecule has 1 aliphatic rings. The van der Waals surface area contributed by atoms with Crippen LogP contribution in [0.5, 0.6) is 0 Å². The Morgan fingerprint density at radius 1 is 1.35 bits per heavy atom. The fourth-order valence-electron chi connectivity index (χ4n) is 2.52. The Hall–Kier alpha value is -0.580. The largest absolute Gasteiger partial charge is 0.243 e. The molecule has 0 aromatic heterocycles. The van der Waals surface area contributed by atoms with Crippen LogP contribution in [0, 0.1) is 5.92 Å². The average Bonchev–Trinajstić information content (AvgIpc) is 2.41. The van der Waals surface area contributed by atoms with E-state index in [0.29, 0.717) is 29.7 Å². The molecule has 1 aliphatic carbocycles. The third-order valence-corrected chi connectivity index (χ3v) is 6.31. The molecule has 0 unspecified atom stereocenters. The second-order valence-corrected chi connectivity index (χ2v) is 7.79. The Morgan fingerprint density at radius 2 is 2.05 bits per heavy atom.